The van der Waals surface area contributed by atoms with Crippen molar-refractivity contribution in [1.29, 1.82) is 0 Å². The van der Waals surface area contributed by atoms with Crippen molar-refractivity contribution in [3.8, 4) is 0 Å². The van der Waals surface area contributed by atoms with Crippen molar-refractivity contribution in [1.82, 2.24) is 4.90 Å². The van der Waals surface area contributed by atoms with Gasteiger partial charge in [-0.15, -0.1) is 0 Å². The summed E-state index contributed by atoms with van der Waals surface area (Å²) in [5.74, 6) is 0.0467. The summed E-state index contributed by atoms with van der Waals surface area (Å²) in [7, 11) is 0. The van der Waals surface area contributed by atoms with Crippen LogP contribution in [-0.2, 0) is 11.2 Å². The van der Waals surface area contributed by atoms with Gasteiger partial charge in [0.15, 0.2) is 0 Å². The smallest absolute Gasteiger partial charge is 0.256 e. The highest BCUT2D eigenvalue weighted by atomic mass is 16.2. The van der Waals surface area contributed by atoms with Crippen LogP contribution in [-0.4, -0.2) is 35.8 Å². The van der Waals surface area contributed by atoms with Crippen molar-refractivity contribution in [3.05, 3.63) is 65.7 Å². The fourth-order valence-electron chi connectivity index (χ4n) is 3.73. The van der Waals surface area contributed by atoms with Crippen LogP contribution in [0.2, 0.25) is 0 Å². The number of para-hydroxylation sites is 1. The summed E-state index contributed by atoms with van der Waals surface area (Å²) in [6, 6.07) is 17.3. The van der Waals surface area contributed by atoms with E-state index in [1.165, 1.54) is 5.56 Å². The first kappa shape index (κ1) is 14.9. The van der Waals surface area contributed by atoms with Gasteiger partial charge in [-0.05, 0) is 37.0 Å². The number of carbonyl (C=O) groups excluding carboxylic acids is 2. The number of rotatable bonds is 3. The highest BCUT2D eigenvalue weighted by Gasteiger charge is 2.41. The molecule has 2 aromatic rings. The number of nitrogens with zero attached hydrogens (tertiary/aromatic N) is 2. The molecule has 2 aromatic carbocycles. The van der Waals surface area contributed by atoms with Crippen LogP contribution in [0, 0.1) is 0 Å². The van der Waals surface area contributed by atoms with Crippen LogP contribution in [0.1, 0.15) is 28.8 Å². The summed E-state index contributed by atoms with van der Waals surface area (Å²) in [5.41, 5.74) is 2.59. The third-order valence-corrected chi connectivity index (χ3v) is 4.96. The topological polar surface area (TPSA) is 40.6 Å². The van der Waals surface area contributed by atoms with Gasteiger partial charge in [0, 0.05) is 13.1 Å². The molecule has 2 amide bonds. The lowest BCUT2D eigenvalue weighted by molar-refractivity contribution is -0.122. The second-order valence-corrected chi connectivity index (χ2v) is 6.40. The van der Waals surface area contributed by atoms with Gasteiger partial charge in [0.05, 0.1) is 11.3 Å². The first-order chi connectivity index (χ1) is 11.8. The van der Waals surface area contributed by atoms with Crippen LogP contribution in [0.15, 0.2) is 54.6 Å². The average molecular weight is 320 g/mol. The summed E-state index contributed by atoms with van der Waals surface area (Å²) in [4.78, 5) is 29.5. The summed E-state index contributed by atoms with van der Waals surface area (Å²) in [5, 5.41) is 0. The molecule has 2 heterocycles. The minimum absolute atomic E-state index is 0.0105. The zero-order valence-corrected chi connectivity index (χ0v) is 13.5. The molecule has 4 rings (SSSR count). The Morgan fingerprint density at radius 1 is 0.958 bits per heavy atom. The first-order valence-electron chi connectivity index (χ1n) is 8.51. The molecular weight excluding hydrogens is 300 g/mol. The molecule has 4 heteroatoms. The Morgan fingerprint density at radius 3 is 2.54 bits per heavy atom. The molecule has 4 nitrogen and oxygen atoms in total. The molecule has 0 unspecified atom stereocenters. The van der Waals surface area contributed by atoms with Gasteiger partial charge in [-0.1, -0.05) is 42.5 Å². The predicted octanol–water partition coefficient (Wildman–Crippen LogP) is 2.88. The van der Waals surface area contributed by atoms with E-state index in [4.69, 9.17) is 0 Å². The third-order valence-electron chi connectivity index (χ3n) is 4.96. The minimum atomic E-state index is -0.305. The molecule has 0 aromatic heterocycles. The second kappa shape index (κ2) is 6.11. The van der Waals surface area contributed by atoms with Gasteiger partial charge in [-0.25, -0.2) is 0 Å². The zero-order valence-electron chi connectivity index (χ0n) is 13.5. The van der Waals surface area contributed by atoms with Gasteiger partial charge in [-0.2, -0.15) is 0 Å². The van der Waals surface area contributed by atoms with Crippen LogP contribution >= 0.6 is 0 Å². The summed E-state index contributed by atoms with van der Waals surface area (Å²) in [6.45, 7) is 1.27. The van der Waals surface area contributed by atoms with Crippen molar-refractivity contribution in [2.45, 2.75) is 25.3 Å². The number of carbonyl (C=O) groups is 2. The maximum absolute atomic E-state index is 13.1. The highest BCUT2D eigenvalue weighted by Crippen LogP contribution is 2.32. The Hall–Kier alpha value is -2.62. The maximum atomic E-state index is 13.1. The van der Waals surface area contributed by atoms with Gasteiger partial charge in [0.2, 0.25) is 5.91 Å². The monoisotopic (exact) mass is 320 g/mol. The van der Waals surface area contributed by atoms with Crippen LogP contribution in [0.3, 0.4) is 0 Å². The van der Waals surface area contributed by atoms with Crippen LogP contribution in [0.4, 0.5) is 5.69 Å². The fraction of sp³-hybridized carbons (Fsp3) is 0.300. The van der Waals surface area contributed by atoms with E-state index in [2.05, 4.69) is 12.1 Å². The minimum Gasteiger partial charge on any atom is -0.327 e. The molecule has 0 spiro atoms. The van der Waals surface area contributed by atoms with E-state index in [1.807, 2.05) is 47.4 Å². The normalized spacial score (nSPS) is 19.9. The van der Waals surface area contributed by atoms with E-state index in [-0.39, 0.29) is 17.9 Å². The largest absolute Gasteiger partial charge is 0.327 e. The highest BCUT2D eigenvalue weighted by molar-refractivity contribution is 6.11. The van der Waals surface area contributed by atoms with E-state index in [0.717, 1.165) is 24.9 Å². The number of hydrogen-bond donors (Lipinski definition) is 0. The molecule has 2 aliphatic heterocycles. The van der Waals surface area contributed by atoms with Gasteiger partial charge in [0.25, 0.3) is 5.91 Å². The van der Waals surface area contributed by atoms with Gasteiger partial charge < -0.3 is 9.80 Å². The molecule has 1 atom stereocenters. The van der Waals surface area contributed by atoms with E-state index < -0.39 is 0 Å². The van der Waals surface area contributed by atoms with Crippen LogP contribution in [0.5, 0.6) is 0 Å². The standard InChI is InChI=1S/C20H20N2O2/c23-19-16-9-4-5-10-17(16)22(14-12-15-7-2-1-3-8-15)20(24)18-11-6-13-21(18)19/h1-5,7-10,18H,6,11-14H2/t18-/m1/s1. The van der Waals surface area contributed by atoms with E-state index in [1.54, 1.807) is 4.90 Å². The third kappa shape index (κ3) is 2.48. The Kier molecular flexibility index (Phi) is 3.81. The molecule has 24 heavy (non-hydrogen) atoms. The lowest BCUT2D eigenvalue weighted by Crippen LogP contribution is -2.45. The molecule has 0 saturated carbocycles. The number of fused-ring (bicyclic) bond motifs is 2. The molecule has 0 N–H and O–H groups in total. The summed E-state index contributed by atoms with van der Waals surface area (Å²) < 4.78 is 0. The predicted molar refractivity (Wildman–Crippen MR) is 93.0 cm³/mol. The molecule has 122 valence electrons. The Morgan fingerprint density at radius 2 is 1.71 bits per heavy atom. The molecule has 1 fully saturated rings. The quantitative estimate of drug-likeness (QED) is 0.872. The van der Waals surface area contributed by atoms with E-state index >= 15 is 0 Å². The van der Waals surface area contributed by atoms with E-state index in [0.29, 0.717) is 18.7 Å². The molecule has 0 bridgehead atoms. The van der Waals surface area contributed by atoms with E-state index in [9.17, 15) is 9.59 Å². The lowest BCUT2D eigenvalue weighted by Gasteiger charge is -2.26. The summed E-state index contributed by atoms with van der Waals surface area (Å²) >= 11 is 0. The molecule has 0 aliphatic carbocycles. The number of anilines is 1. The molecule has 1 saturated heterocycles. The SMILES string of the molecule is O=C1[C@H]2CCCN2C(=O)c2ccccc2N1CCc1ccccc1. The average Bonchev–Trinajstić information content (AvgIpc) is 3.09. The fourth-order valence-corrected chi connectivity index (χ4v) is 3.73. The van der Waals surface area contributed by atoms with Gasteiger partial charge >= 0.3 is 0 Å². The molecule has 2 aliphatic rings. The lowest BCUT2D eigenvalue weighted by atomic mass is 10.1. The van der Waals surface area contributed by atoms with Crippen molar-refractivity contribution in [2.75, 3.05) is 18.0 Å². The summed E-state index contributed by atoms with van der Waals surface area (Å²) in [6.07, 6.45) is 2.44. The number of benzene rings is 2. The van der Waals surface area contributed by atoms with Crippen molar-refractivity contribution in [3.63, 3.8) is 0 Å². The van der Waals surface area contributed by atoms with Crippen molar-refractivity contribution < 1.29 is 9.59 Å². The molecule has 0 radical (unpaired) electrons. The Labute approximate surface area is 141 Å². The van der Waals surface area contributed by atoms with Crippen molar-refractivity contribution >= 4 is 17.5 Å². The first-order valence-corrected chi connectivity index (χ1v) is 8.51. The number of hydrogen-bond acceptors (Lipinski definition) is 2. The van der Waals surface area contributed by atoms with Gasteiger partial charge in [0.1, 0.15) is 6.04 Å². The molecular formula is C20H20N2O2. The maximum Gasteiger partial charge on any atom is 0.256 e. The Bertz CT molecular complexity index is 772. The van der Waals surface area contributed by atoms with Crippen molar-refractivity contribution in [2.24, 2.45) is 0 Å². The van der Waals surface area contributed by atoms with Crippen LogP contribution in [0.25, 0.3) is 0 Å². The Balaban J connectivity index is 1.69. The number of amides is 2. The second-order valence-electron chi connectivity index (χ2n) is 6.40. The van der Waals surface area contributed by atoms with Crippen LogP contribution < -0.4 is 4.90 Å². The van der Waals surface area contributed by atoms with Gasteiger partial charge in [-0.3, -0.25) is 9.59 Å². The zero-order chi connectivity index (χ0) is 16.5.